The molecule has 2 N–H and O–H groups in total. The van der Waals surface area contributed by atoms with Crippen molar-refractivity contribution in [3.63, 3.8) is 0 Å². The van der Waals surface area contributed by atoms with Gasteiger partial charge < -0.3 is 15.4 Å². The van der Waals surface area contributed by atoms with Crippen molar-refractivity contribution in [2.24, 2.45) is 0 Å². The number of rotatable bonds is 6. The molecule has 0 radical (unpaired) electrons. The minimum Gasteiger partial charge on any atom is -0.463 e. The molecule has 0 bridgehead atoms. The number of hydrogen-bond donors (Lipinski definition) is 2. The Balaban J connectivity index is 1.91. The van der Waals surface area contributed by atoms with Gasteiger partial charge in [-0.05, 0) is 55.3 Å². The van der Waals surface area contributed by atoms with Gasteiger partial charge in [-0.25, -0.2) is 18.4 Å². The van der Waals surface area contributed by atoms with E-state index in [1.54, 1.807) is 44.2 Å². The van der Waals surface area contributed by atoms with Gasteiger partial charge in [0, 0.05) is 11.8 Å². The van der Waals surface area contributed by atoms with Crippen LogP contribution in [0.2, 0.25) is 0 Å². The van der Waals surface area contributed by atoms with Gasteiger partial charge >= 0.3 is 12.0 Å². The predicted octanol–water partition coefficient (Wildman–Crippen LogP) is 4.42. The quantitative estimate of drug-likeness (QED) is 0.581. The summed E-state index contributed by atoms with van der Waals surface area (Å²) in [6, 6.07) is 9.28. The van der Waals surface area contributed by atoms with Gasteiger partial charge in [0.15, 0.2) is 11.6 Å². The number of nitrogens with one attached hydrogen (secondary N) is 2. The molecule has 142 valence electrons. The van der Waals surface area contributed by atoms with Crippen LogP contribution >= 0.6 is 0 Å². The second kappa shape index (κ2) is 9.47. The lowest BCUT2D eigenvalue weighted by Crippen LogP contribution is -2.31. The number of anilines is 1. The van der Waals surface area contributed by atoms with Crippen molar-refractivity contribution in [3.05, 3.63) is 71.3 Å². The Morgan fingerprint density at radius 2 is 1.81 bits per heavy atom. The lowest BCUT2D eigenvalue weighted by molar-refractivity contribution is -0.137. The van der Waals surface area contributed by atoms with Crippen LogP contribution in [0.15, 0.2) is 48.5 Å². The van der Waals surface area contributed by atoms with Crippen molar-refractivity contribution in [1.29, 1.82) is 0 Å². The summed E-state index contributed by atoms with van der Waals surface area (Å²) in [7, 11) is 0. The second-order valence-electron chi connectivity index (χ2n) is 5.70. The molecule has 0 fully saturated rings. The van der Waals surface area contributed by atoms with E-state index in [0.717, 1.165) is 17.7 Å². The van der Waals surface area contributed by atoms with Crippen LogP contribution in [-0.4, -0.2) is 18.6 Å². The van der Waals surface area contributed by atoms with E-state index in [2.05, 4.69) is 10.6 Å². The van der Waals surface area contributed by atoms with Gasteiger partial charge in [-0.1, -0.05) is 18.2 Å². The van der Waals surface area contributed by atoms with Crippen LogP contribution < -0.4 is 10.6 Å². The number of benzene rings is 2. The van der Waals surface area contributed by atoms with E-state index >= 15 is 0 Å². The molecule has 0 spiro atoms. The first-order valence-corrected chi connectivity index (χ1v) is 8.36. The van der Waals surface area contributed by atoms with Crippen LogP contribution in [0.4, 0.5) is 19.3 Å². The molecule has 0 aliphatic heterocycles. The van der Waals surface area contributed by atoms with E-state index < -0.39 is 29.7 Å². The highest BCUT2D eigenvalue weighted by Crippen LogP contribution is 2.16. The largest absolute Gasteiger partial charge is 0.463 e. The molecule has 7 heteroatoms. The van der Waals surface area contributed by atoms with Gasteiger partial charge in [-0.3, -0.25) is 0 Å². The van der Waals surface area contributed by atoms with Gasteiger partial charge in [0.1, 0.15) is 0 Å². The summed E-state index contributed by atoms with van der Waals surface area (Å²) in [6.45, 7) is 3.70. The molecular formula is C20H20F2N2O3. The molecule has 0 saturated heterocycles. The van der Waals surface area contributed by atoms with E-state index in [0.29, 0.717) is 17.9 Å². The predicted molar refractivity (Wildman–Crippen MR) is 99.0 cm³/mol. The number of carbonyl (C=O) groups is 2. The first kappa shape index (κ1) is 20.1. The van der Waals surface area contributed by atoms with Crippen molar-refractivity contribution in [2.75, 3.05) is 11.9 Å². The SMILES string of the molecule is CCOC(=O)C=Cc1ccc(NC(=O)NC(C)c2ccc(F)c(F)c2)cc1. The van der Waals surface area contributed by atoms with Gasteiger partial charge in [0.05, 0.1) is 12.6 Å². The fourth-order valence-corrected chi connectivity index (χ4v) is 2.26. The normalized spacial score (nSPS) is 11.9. The third kappa shape index (κ3) is 6.22. The van der Waals surface area contributed by atoms with Crippen LogP contribution in [-0.2, 0) is 9.53 Å². The Bertz CT molecular complexity index is 836. The van der Waals surface area contributed by atoms with E-state index in [1.807, 2.05) is 0 Å². The number of ether oxygens (including phenoxy) is 1. The maximum absolute atomic E-state index is 13.3. The topological polar surface area (TPSA) is 67.4 Å². The van der Waals surface area contributed by atoms with Gasteiger partial charge in [-0.15, -0.1) is 0 Å². The van der Waals surface area contributed by atoms with E-state index in [4.69, 9.17) is 4.74 Å². The monoisotopic (exact) mass is 374 g/mol. The smallest absolute Gasteiger partial charge is 0.330 e. The molecule has 2 aromatic rings. The Hall–Kier alpha value is -3.22. The van der Waals surface area contributed by atoms with Crippen LogP contribution in [0.5, 0.6) is 0 Å². The van der Waals surface area contributed by atoms with Gasteiger partial charge in [0.25, 0.3) is 0 Å². The number of carbonyl (C=O) groups excluding carboxylic acids is 2. The first-order chi connectivity index (χ1) is 12.9. The Morgan fingerprint density at radius 3 is 2.44 bits per heavy atom. The Labute approximate surface area is 156 Å². The van der Waals surface area contributed by atoms with Gasteiger partial charge in [0.2, 0.25) is 0 Å². The van der Waals surface area contributed by atoms with Crippen LogP contribution in [0.1, 0.15) is 31.0 Å². The maximum Gasteiger partial charge on any atom is 0.330 e. The molecular weight excluding hydrogens is 354 g/mol. The fraction of sp³-hybridized carbons (Fsp3) is 0.200. The summed E-state index contributed by atoms with van der Waals surface area (Å²) in [5.41, 5.74) is 1.76. The highest BCUT2D eigenvalue weighted by atomic mass is 19.2. The molecule has 0 aliphatic carbocycles. The molecule has 0 saturated carbocycles. The summed E-state index contributed by atoms with van der Waals surface area (Å²) in [5.74, 6) is -2.33. The molecule has 2 aromatic carbocycles. The number of esters is 1. The van der Waals surface area contributed by atoms with Crippen LogP contribution in [0, 0.1) is 11.6 Å². The number of halogens is 2. The van der Waals surface area contributed by atoms with Gasteiger partial charge in [-0.2, -0.15) is 0 Å². The average Bonchev–Trinajstić information content (AvgIpc) is 2.63. The zero-order valence-corrected chi connectivity index (χ0v) is 15.0. The van der Waals surface area contributed by atoms with Crippen LogP contribution in [0.3, 0.4) is 0 Å². The lowest BCUT2D eigenvalue weighted by Gasteiger charge is -2.15. The molecule has 0 aliphatic rings. The van der Waals surface area contributed by atoms with Crippen molar-refractivity contribution in [2.45, 2.75) is 19.9 Å². The number of amides is 2. The Morgan fingerprint density at radius 1 is 1.11 bits per heavy atom. The fourth-order valence-electron chi connectivity index (χ4n) is 2.26. The average molecular weight is 374 g/mol. The molecule has 0 aromatic heterocycles. The molecule has 1 atom stereocenters. The highest BCUT2D eigenvalue weighted by molar-refractivity contribution is 5.90. The first-order valence-electron chi connectivity index (χ1n) is 8.36. The summed E-state index contributed by atoms with van der Waals surface area (Å²) >= 11 is 0. The van der Waals surface area contributed by atoms with Crippen LogP contribution in [0.25, 0.3) is 6.08 Å². The zero-order valence-electron chi connectivity index (χ0n) is 15.0. The third-order valence-corrected chi connectivity index (χ3v) is 3.66. The zero-order chi connectivity index (χ0) is 19.8. The standard InChI is InChI=1S/C20H20F2N2O3/c1-3-27-19(25)11-6-14-4-8-16(9-5-14)24-20(26)23-13(2)15-7-10-17(21)18(22)12-15/h4-13H,3H2,1-2H3,(H2,23,24,26). The highest BCUT2D eigenvalue weighted by Gasteiger charge is 2.12. The van der Waals surface area contributed by atoms with Crippen molar-refractivity contribution in [1.82, 2.24) is 5.32 Å². The van der Waals surface area contributed by atoms with Crippen molar-refractivity contribution < 1.29 is 23.1 Å². The minimum absolute atomic E-state index is 0.310. The summed E-state index contributed by atoms with van der Waals surface area (Å²) in [6.07, 6.45) is 2.93. The molecule has 0 heterocycles. The van der Waals surface area contributed by atoms with Crippen molar-refractivity contribution in [3.8, 4) is 0 Å². The molecule has 5 nitrogen and oxygen atoms in total. The maximum atomic E-state index is 13.3. The van der Waals surface area contributed by atoms with E-state index in [9.17, 15) is 18.4 Å². The molecule has 1 unspecified atom stereocenters. The Kier molecular flexibility index (Phi) is 7.05. The van der Waals surface area contributed by atoms with E-state index in [-0.39, 0.29) is 0 Å². The number of urea groups is 1. The second-order valence-corrected chi connectivity index (χ2v) is 5.70. The summed E-state index contributed by atoms with van der Waals surface area (Å²) in [4.78, 5) is 23.3. The summed E-state index contributed by atoms with van der Waals surface area (Å²) < 4.78 is 31.0. The third-order valence-electron chi connectivity index (χ3n) is 3.66. The van der Waals surface area contributed by atoms with Crippen molar-refractivity contribution >= 4 is 23.8 Å². The molecule has 2 rings (SSSR count). The molecule has 27 heavy (non-hydrogen) atoms. The van der Waals surface area contributed by atoms with E-state index in [1.165, 1.54) is 12.1 Å². The summed E-state index contributed by atoms with van der Waals surface area (Å²) in [5, 5.41) is 5.29. The minimum atomic E-state index is -0.965. The lowest BCUT2D eigenvalue weighted by atomic mass is 10.1. The number of hydrogen-bond acceptors (Lipinski definition) is 3. The molecule has 2 amide bonds.